The number of rotatable bonds is 7. The van der Waals surface area contributed by atoms with Gasteiger partial charge in [-0.05, 0) is 41.5 Å². The molecule has 0 saturated carbocycles. The molecule has 0 saturated heterocycles. The van der Waals surface area contributed by atoms with Gasteiger partial charge in [-0.2, -0.15) is 4.31 Å². The van der Waals surface area contributed by atoms with Gasteiger partial charge in [0, 0.05) is 25.1 Å². The van der Waals surface area contributed by atoms with E-state index in [1.54, 1.807) is 11.3 Å². The highest BCUT2D eigenvalue weighted by atomic mass is 32.2. The lowest BCUT2D eigenvalue weighted by Crippen LogP contribution is -2.47. The molecular weight excluding hydrogens is 396 g/mol. The molecule has 8 heteroatoms. The van der Waals surface area contributed by atoms with Gasteiger partial charge in [0.25, 0.3) is 0 Å². The van der Waals surface area contributed by atoms with Crippen molar-refractivity contribution in [2.45, 2.75) is 19.4 Å². The van der Waals surface area contributed by atoms with Gasteiger partial charge in [-0.25, -0.2) is 8.42 Å². The summed E-state index contributed by atoms with van der Waals surface area (Å²) in [6.45, 7) is 2.85. The predicted octanol–water partition coefficient (Wildman–Crippen LogP) is 2.44. The number of carbonyl (C=O) groups is 1. The molecule has 2 aromatic rings. The van der Waals surface area contributed by atoms with E-state index in [4.69, 9.17) is 4.74 Å². The van der Waals surface area contributed by atoms with E-state index in [2.05, 4.69) is 11.4 Å². The normalized spacial score (nSPS) is 17.0. The Morgan fingerprint density at radius 3 is 2.71 bits per heavy atom. The first-order chi connectivity index (χ1) is 13.3. The van der Waals surface area contributed by atoms with E-state index >= 15 is 0 Å². The molecule has 1 amide bonds. The van der Waals surface area contributed by atoms with Crippen LogP contribution in [-0.2, 0) is 26.0 Å². The highest BCUT2D eigenvalue weighted by Crippen LogP contribution is 2.38. The Morgan fingerprint density at radius 2 is 2.04 bits per heavy atom. The van der Waals surface area contributed by atoms with Crippen molar-refractivity contribution < 1.29 is 17.9 Å². The highest BCUT2D eigenvalue weighted by molar-refractivity contribution is 7.88. The third kappa shape index (κ3) is 4.46. The molecule has 0 N–H and O–H groups in total. The summed E-state index contributed by atoms with van der Waals surface area (Å²) < 4.78 is 30.4. The largest absolute Gasteiger partial charge is 0.383 e. The van der Waals surface area contributed by atoms with Gasteiger partial charge >= 0.3 is 0 Å². The van der Waals surface area contributed by atoms with E-state index in [-0.39, 0.29) is 31.6 Å². The maximum Gasteiger partial charge on any atom is 0.238 e. The van der Waals surface area contributed by atoms with E-state index < -0.39 is 10.0 Å². The van der Waals surface area contributed by atoms with Gasteiger partial charge in [0.2, 0.25) is 15.9 Å². The molecular formula is C20H26N2O4S2. The number of nitrogens with zero attached hydrogens (tertiary/aromatic N) is 2. The van der Waals surface area contributed by atoms with Crippen molar-refractivity contribution in [3.05, 3.63) is 57.3 Å². The summed E-state index contributed by atoms with van der Waals surface area (Å²) in [6, 6.07) is 9.95. The van der Waals surface area contributed by atoms with Crippen molar-refractivity contribution in [2.24, 2.45) is 0 Å². The van der Waals surface area contributed by atoms with Crippen LogP contribution >= 0.6 is 11.3 Å². The Bertz CT molecular complexity index is 939. The number of thiophene rings is 1. The second-order valence-corrected chi connectivity index (χ2v) is 9.97. The third-order valence-corrected chi connectivity index (χ3v) is 7.34. The minimum Gasteiger partial charge on any atom is -0.383 e. The van der Waals surface area contributed by atoms with Gasteiger partial charge in [0.05, 0.1) is 25.4 Å². The fourth-order valence-corrected chi connectivity index (χ4v) is 5.27. The summed E-state index contributed by atoms with van der Waals surface area (Å²) in [4.78, 5) is 16.3. The third-order valence-electron chi connectivity index (χ3n) is 5.09. The molecule has 0 fully saturated rings. The molecule has 3 rings (SSSR count). The Kier molecular flexibility index (Phi) is 6.54. The van der Waals surface area contributed by atoms with E-state index in [0.717, 1.165) is 29.4 Å². The smallest absolute Gasteiger partial charge is 0.238 e. The second-order valence-electron chi connectivity index (χ2n) is 6.98. The van der Waals surface area contributed by atoms with Crippen molar-refractivity contribution in [1.82, 2.24) is 9.21 Å². The maximum atomic E-state index is 13.2. The minimum absolute atomic E-state index is 0.160. The minimum atomic E-state index is -3.50. The molecule has 2 heterocycles. The molecule has 0 radical (unpaired) electrons. The maximum absolute atomic E-state index is 13.2. The molecule has 0 aliphatic carbocycles. The molecule has 1 atom stereocenters. The van der Waals surface area contributed by atoms with Crippen LogP contribution in [0.4, 0.5) is 0 Å². The fraction of sp³-hybridized carbons (Fsp3) is 0.450. The first kappa shape index (κ1) is 21.0. The Balaban J connectivity index is 1.93. The number of fused-ring (bicyclic) bond motifs is 1. The lowest BCUT2D eigenvalue weighted by atomic mass is 9.90. The van der Waals surface area contributed by atoms with Crippen molar-refractivity contribution in [1.29, 1.82) is 0 Å². The van der Waals surface area contributed by atoms with Gasteiger partial charge in [-0.1, -0.05) is 24.3 Å². The first-order valence-corrected chi connectivity index (χ1v) is 11.9. The standard InChI is InChI=1S/C20H26N2O4S2/c1-15-6-4-5-7-16(15)20-17-9-13-27-18(17)8-10-22(20)19(23)14-21(11-12-26-2)28(3,24)25/h4-7,9,13,20H,8,10-12,14H2,1-3H3. The van der Waals surface area contributed by atoms with E-state index in [9.17, 15) is 13.2 Å². The van der Waals surface area contributed by atoms with Crippen molar-refractivity contribution >= 4 is 27.3 Å². The van der Waals surface area contributed by atoms with Crippen LogP contribution in [0.25, 0.3) is 0 Å². The van der Waals surface area contributed by atoms with Crippen molar-refractivity contribution in [3.63, 3.8) is 0 Å². The summed E-state index contributed by atoms with van der Waals surface area (Å²) in [6.07, 6.45) is 1.92. The zero-order valence-corrected chi connectivity index (χ0v) is 18.1. The Hall–Kier alpha value is -1.74. The summed E-state index contributed by atoms with van der Waals surface area (Å²) >= 11 is 1.71. The van der Waals surface area contributed by atoms with Crippen LogP contribution < -0.4 is 0 Å². The zero-order chi connectivity index (χ0) is 20.3. The quantitative estimate of drug-likeness (QED) is 0.687. The predicted molar refractivity (Wildman–Crippen MR) is 111 cm³/mol. The average molecular weight is 423 g/mol. The molecule has 0 bridgehead atoms. The molecule has 1 aliphatic rings. The SMILES string of the molecule is COCCN(CC(=O)N1CCc2sccc2C1c1ccccc1C)S(C)(=O)=O. The van der Waals surface area contributed by atoms with E-state index in [0.29, 0.717) is 6.54 Å². The summed E-state index contributed by atoms with van der Waals surface area (Å²) in [5, 5.41) is 2.06. The van der Waals surface area contributed by atoms with Gasteiger partial charge in [0.15, 0.2) is 0 Å². The van der Waals surface area contributed by atoms with Crippen LogP contribution in [0.2, 0.25) is 0 Å². The van der Waals surface area contributed by atoms with E-state index in [1.165, 1.54) is 16.3 Å². The number of amides is 1. The topological polar surface area (TPSA) is 66.9 Å². The number of methoxy groups -OCH3 is 1. The van der Waals surface area contributed by atoms with Crippen LogP contribution in [0.5, 0.6) is 0 Å². The number of carbonyl (C=O) groups excluding carboxylic acids is 1. The van der Waals surface area contributed by atoms with E-state index in [1.807, 2.05) is 36.1 Å². The first-order valence-electron chi connectivity index (χ1n) is 9.18. The number of hydrogen-bond acceptors (Lipinski definition) is 5. The number of sulfonamides is 1. The summed E-state index contributed by atoms with van der Waals surface area (Å²) in [5.41, 5.74) is 3.34. The average Bonchev–Trinajstić information content (AvgIpc) is 3.12. The Morgan fingerprint density at radius 1 is 1.29 bits per heavy atom. The van der Waals surface area contributed by atoms with Gasteiger partial charge in [-0.3, -0.25) is 4.79 Å². The number of aryl methyl sites for hydroxylation is 1. The molecule has 1 aromatic heterocycles. The fourth-order valence-electron chi connectivity index (χ4n) is 3.61. The van der Waals surface area contributed by atoms with Crippen molar-refractivity contribution in [2.75, 3.05) is 39.6 Å². The molecule has 1 aliphatic heterocycles. The van der Waals surface area contributed by atoms with Gasteiger partial charge < -0.3 is 9.64 Å². The van der Waals surface area contributed by atoms with Crippen LogP contribution in [0, 0.1) is 6.92 Å². The molecule has 152 valence electrons. The lowest BCUT2D eigenvalue weighted by molar-refractivity contribution is -0.133. The summed E-state index contributed by atoms with van der Waals surface area (Å²) in [5.74, 6) is -0.188. The Labute approximate surface area is 170 Å². The molecule has 28 heavy (non-hydrogen) atoms. The number of ether oxygens (including phenoxy) is 1. The molecule has 0 spiro atoms. The molecule has 1 aromatic carbocycles. The van der Waals surface area contributed by atoms with Crippen molar-refractivity contribution in [3.8, 4) is 0 Å². The summed E-state index contributed by atoms with van der Waals surface area (Å²) in [7, 11) is -1.99. The second kappa shape index (κ2) is 8.73. The molecule has 1 unspecified atom stereocenters. The van der Waals surface area contributed by atoms with Gasteiger partial charge in [-0.15, -0.1) is 11.3 Å². The van der Waals surface area contributed by atoms with Crippen LogP contribution in [-0.4, -0.2) is 63.1 Å². The lowest BCUT2D eigenvalue weighted by Gasteiger charge is -2.38. The highest BCUT2D eigenvalue weighted by Gasteiger charge is 2.35. The molecule has 6 nitrogen and oxygen atoms in total. The zero-order valence-electron chi connectivity index (χ0n) is 16.4. The van der Waals surface area contributed by atoms with Crippen LogP contribution in [0.15, 0.2) is 35.7 Å². The van der Waals surface area contributed by atoms with Crippen LogP contribution in [0.3, 0.4) is 0 Å². The van der Waals surface area contributed by atoms with Crippen LogP contribution in [0.1, 0.15) is 27.6 Å². The number of benzene rings is 1. The monoisotopic (exact) mass is 422 g/mol. The van der Waals surface area contributed by atoms with Gasteiger partial charge in [0.1, 0.15) is 0 Å². The number of hydrogen-bond donors (Lipinski definition) is 0.